The van der Waals surface area contributed by atoms with Crippen LogP contribution in [0.25, 0.3) is 0 Å². The lowest BCUT2D eigenvalue weighted by Crippen LogP contribution is -2.35. The van der Waals surface area contributed by atoms with Gasteiger partial charge in [-0.3, -0.25) is 0 Å². The summed E-state index contributed by atoms with van der Waals surface area (Å²) in [6.45, 7) is 3.08. The summed E-state index contributed by atoms with van der Waals surface area (Å²) in [5, 5.41) is 8.80. The maximum absolute atomic E-state index is 11.8. The van der Waals surface area contributed by atoms with Gasteiger partial charge in [-0.1, -0.05) is 0 Å². The number of nitrogen functional groups attached to an aromatic ring is 1. The number of sulfonamides is 1. The van der Waals surface area contributed by atoms with E-state index >= 15 is 0 Å². The molecule has 1 aromatic carbocycles. The van der Waals surface area contributed by atoms with Crippen molar-refractivity contribution in [2.45, 2.75) is 24.8 Å². The fourth-order valence-electron chi connectivity index (χ4n) is 1.19. The van der Waals surface area contributed by atoms with Crippen molar-refractivity contribution >= 4 is 15.7 Å². The SMILES string of the molecule is Cc1cc(S(=O)(=O)N[C@H](C)CO)ccc1N. The van der Waals surface area contributed by atoms with E-state index in [0.717, 1.165) is 0 Å². The Morgan fingerprint density at radius 2 is 2.12 bits per heavy atom. The fraction of sp³-hybridized carbons (Fsp3) is 0.400. The molecule has 0 saturated carbocycles. The molecule has 1 rings (SSSR count). The molecule has 0 spiro atoms. The number of aliphatic hydroxyl groups is 1. The normalized spacial score (nSPS) is 13.7. The van der Waals surface area contributed by atoms with E-state index in [1.54, 1.807) is 19.9 Å². The van der Waals surface area contributed by atoms with E-state index in [0.29, 0.717) is 11.3 Å². The first kappa shape index (κ1) is 13.0. The summed E-state index contributed by atoms with van der Waals surface area (Å²) in [4.78, 5) is 0.152. The highest BCUT2D eigenvalue weighted by molar-refractivity contribution is 7.89. The first-order valence-corrected chi connectivity index (χ1v) is 6.34. The van der Waals surface area contributed by atoms with E-state index in [9.17, 15) is 8.42 Å². The Hall–Kier alpha value is -1.11. The molecule has 16 heavy (non-hydrogen) atoms. The average molecular weight is 244 g/mol. The van der Waals surface area contributed by atoms with Crippen LogP contribution in [0.15, 0.2) is 23.1 Å². The van der Waals surface area contributed by atoms with Crippen LogP contribution >= 0.6 is 0 Å². The van der Waals surface area contributed by atoms with Crippen molar-refractivity contribution in [3.63, 3.8) is 0 Å². The van der Waals surface area contributed by atoms with Crippen molar-refractivity contribution in [1.82, 2.24) is 4.72 Å². The molecule has 6 heteroatoms. The minimum Gasteiger partial charge on any atom is -0.399 e. The lowest BCUT2D eigenvalue weighted by atomic mass is 10.2. The van der Waals surface area contributed by atoms with Gasteiger partial charge in [-0.25, -0.2) is 13.1 Å². The van der Waals surface area contributed by atoms with Crippen LogP contribution in [-0.2, 0) is 10.0 Å². The Morgan fingerprint density at radius 1 is 1.50 bits per heavy atom. The summed E-state index contributed by atoms with van der Waals surface area (Å²) in [7, 11) is -3.58. The molecule has 0 aromatic heterocycles. The molecule has 1 aromatic rings. The van der Waals surface area contributed by atoms with E-state index in [2.05, 4.69) is 4.72 Å². The van der Waals surface area contributed by atoms with Crippen LogP contribution in [0.3, 0.4) is 0 Å². The molecular formula is C10H16N2O3S. The second-order valence-corrected chi connectivity index (χ2v) is 5.44. The van der Waals surface area contributed by atoms with E-state index in [1.807, 2.05) is 0 Å². The van der Waals surface area contributed by atoms with E-state index in [4.69, 9.17) is 10.8 Å². The Bertz CT molecular complexity index is 471. The fourth-order valence-corrected chi connectivity index (χ4v) is 2.50. The molecule has 0 bridgehead atoms. The molecule has 0 aliphatic rings. The Morgan fingerprint density at radius 3 is 2.62 bits per heavy atom. The number of aryl methyl sites for hydroxylation is 1. The van der Waals surface area contributed by atoms with Gasteiger partial charge in [-0.05, 0) is 37.6 Å². The lowest BCUT2D eigenvalue weighted by molar-refractivity contribution is 0.265. The highest BCUT2D eigenvalue weighted by Crippen LogP contribution is 2.16. The maximum Gasteiger partial charge on any atom is 0.240 e. The zero-order valence-electron chi connectivity index (χ0n) is 9.27. The van der Waals surface area contributed by atoms with Gasteiger partial charge in [-0.15, -0.1) is 0 Å². The molecule has 0 amide bonds. The Kier molecular flexibility index (Phi) is 3.90. The van der Waals surface area contributed by atoms with Crippen LogP contribution in [0.2, 0.25) is 0 Å². The lowest BCUT2D eigenvalue weighted by Gasteiger charge is -2.12. The van der Waals surface area contributed by atoms with Crippen LogP contribution in [-0.4, -0.2) is 26.2 Å². The number of anilines is 1. The largest absolute Gasteiger partial charge is 0.399 e. The molecule has 90 valence electrons. The van der Waals surface area contributed by atoms with E-state index in [1.165, 1.54) is 12.1 Å². The molecule has 1 atom stereocenters. The van der Waals surface area contributed by atoms with Crippen LogP contribution in [0, 0.1) is 6.92 Å². The zero-order chi connectivity index (χ0) is 12.3. The predicted molar refractivity (Wildman–Crippen MR) is 62.5 cm³/mol. The minimum absolute atomic E-state index is 0.152. The number of nitrogens with one attached hydrogen (secondary N) is 1. The van der Waals surface area contributed by atoms with Gasteiger partial charge < -0.3 is 10.8 Å². The van der Waals surface area contributed by atoms with Crippen LogP contribution in [0.1, 0.15) is 12.5 Å². The molecule has 0 aliphatic carbocycles. The van der Waals surface area contributed by atoms with Gasteiger partial charge in [0.2, 0.25) is 10.0 Å². The molecule has 0 fully saturated rings. The minimum atomic E-state index is -3.58. The average Bonchev–Trinajstić information content (AvgIpc) is 2.21. The van der Waals surface area contributed by atoms with Crippen molar-refractivity contribution in [2.75, 3.05) is 12.3 Å². The molecule has 0 radical (unpaired) electrons. The topological polar surface area (TPSA) is 92.4 Å². The van der Waals surface area contributed by atoms with Gasteiger partial charge in [0, 0.05) is 11.7 Å². The second kappa shape index (κ2) is 4.82. The van der Waals surface area contributed by atoms with Gasteiger partial charge in [0.25, 0.3) is 0 Å². The van der Waals surface area contributed by atoms with Gasteiger partial charge >= 0.3 is 0 Å². The number of aliphatic hydroxyl groups excluding tert-OH is 1. The molecule has 0 heterocycles. The van der Waals surface area contributed by atoms with E-state index < -0.39 is 16.1 Å². The number of hydrogen-bond acceptors (Lipinski definition) is 4. The summed E-state index contributed by atoms with van der Waals surface area (Å²) in [5.74, 6) is 0. The van der Waals surface area contributed by atoms with Gasteiger partial charge in [0.05, 0.1) is 11.5 Å². The van der Waals surface area contributed by atoms with Crippen molar-refractivity contribution < 1.29 is 13.5 Å². The Labute approximate surface area is 95.3 Å². The molecule has 5 nitrogen and oxygen atoms in total. The molecule has 4 N–H and O–H groups in total. The van der Waals surface area contributed by atoms with Crippen molar-refractivity contribution in [2.24, 2.45) is 0 Å². The third kappa shape index (κ3) is 2.94. The number of benzene rings is 1. The van der Waals surface area contributed by atoms with Crippen molar-refractivity contribution in [3.8, 4) is 0 Å². The third-order valence-electron chi connectivity index (χ3n) is 2.18. The standard InChI is InChI=1S/C10H16N2O3S/c1-7-5-9(3-4-10(7)11)16(14,15)12-8(2)6-13/h3-5,8,12-13H,6,11H2,1-2H3/t8-/m1/s1. The van der Waals surface area contributed by atoms with Crippen LogP contribution < -0.4 is 10.5 Å². The second-order valence-electron chi connectivity index (χ2n) is 3.72. The summed E-state index contributed by atoms with van der Waals surface area (Å²) < 4.78 is 26.0. The Balaban J connectivity index is 3.03. The predicted octanol–water partition coefficient (Wildman–Crippen LogP) is 0.236. The smallest absolute Gasteiger partial charge is 0.240 e. The van der Waals surface area contributed by atoms with Crippen LogP contribution in [0.4, 0.5) is 5.69 Å². The van der Waals surface area contributed by atoms with Crippen LogP contribution in [0.5, 0.6) is 0 Å². The molecule has 0 aliphatic heterocycles. The maximum atomic E-state index is 11.8. The highest BCUT2D eigenvalue weighted by Gasteiger charge is 2.17. The molecule has 0 unspecified atom stereocenters. The number of nitrogens with two attached hydrogens (primary N) is 1. The third-order valence-corrected chi connectivity index (χ3v) is 3.77. The van der Waals surface area contributed by atoms with Gasteiger partial charge in [-0.2, -0.15) is 0 Å². The van der Waals surface area contributed by atoms with Crippen molar-refractivity contribution in [1.29, 1.82) is 0 Å². The quantitative estimate of drug-likeness (QED) is 0.661. The summed E-state index contributed by atoms with van der Waals surface area (Å²) in [6, 6.07) is 3.98. The van der Waals surface area contributed by atoms with Gasteiger partial charge in [0.1, 0.15) is 0 Å². The summed E-state index contributed by atoms with van der Waals surface area (Å²) in [5.41, 5.74) is 6.86. The summed E-state index contributed by atoms with van der Waals surface area (Å²) >= 11 is 0. The molecule has 0 saturated heterocycles. The number of rotatable bonds is 4. The zero-order valence-corrected chi connectivity index (χ0v) is 10.1. The first-order valence-electron chi connectivity index (χ1n) is 4.86. The highest BCUT2D eigenvalue weighted by atomic mass is 32.2. The number of hydrogen-bond donors (Lipinski definition) is 3. The van der Waals surface area contributed by atoms with E-state index in [-0.39, 0.29) is 11.5 Å². The van der Waals surface area contributed by atoms with Gasteiger partial charge in [0.15, 0.2) is 0 Å². The molecular weight excluding hydrogens is 228 g/mol. The first-order chi connectivity index (χ1) is 7.36. The summed E-state index contributed by atoms with van der Waals surface area (Å²) in [6.07, 6.45) is 0. The monoisotopic (exact) mass is 244 g/mol. The van der Waals surface area contributed by atoms with Crippen molar-refractivity contribution in [3.05, 3.63) is 23.8 Å².